The number of piperidine rings is 1. The summed E-state index contributed by atoms with van der Waals surface area (Å²) in [5.41, 5.74) is 1.43. The maximum Gasteiger partial charge on any atom is 0.391 e. The van der Waals surface area contributed by atoms with Crippen LogP contribution in [0.5, 0.6) is 0 Å². The summed E-state index contributed by atoms with van der Waals surface area (Å²) in [5, 5.41) is 9.77. The van der Waals surface area contributed by atoms with E-state index in [0.717, 1.165) is 10.5 Å². The van der Waals surface area contributed by atoms with Gasteiger partial charge in [0, 0.05) is 30.7 Å². The Morgan fingerprint density at radius 1 is 1.31 bits per heavy atom. The van der Waals surface area contributed by atoms with E-state index in [0.29, 0.717) is 23.7 Å². The van der Waals surface area contributed by atoms with Crippen LogP contribution in [-0.2, 0) is 11.3 Å². The summed E-state index contributed by atoms with van der Waals surface area (Å²) < 4.78 is 43.9. The molecule has 3 rings (SSSR count). The van der Waals surface area contributed by atoms with Crippen molar-refractivity contribution in [3.05, 3.63) is 52.8 Å². The van der Waals surface area contributed by atoms with Crippen molar-refractivity contribution in [1.82, 2.24) is 14.2 Å². The van der Waals surface area contributed by atoms with Gasteiger partial charge in [-0.3, -0.25) is 4.79 Å². The molecule has 1 unspecified atom stereocenters. The first-order valence-electron chi connectivity index (χ1n) is 10.3. The summed E-state index contributed by atoms with van der Waals surface area (Å²) in [4.78, 5) is 15.5. The molecule has 5 nitrogen and oxygen atoms in total. The topological polar surface area (TPSA) is 61.1 Å². The van der Waals surface area contributed by atoms with Crippen molar-refractivity contribution in [3.8, 4) is 6.07 Å². The molecular formula is C22H24ClF3N4OS. The van der Waals surface area contributed by atoms with E-state index in [4.69, 9.17) is 11.6 Å². The van der Waals surface area contributed by atoms with Gasteiger partial charge in [-0.15, -0.1) is 0 Å². The summed E-state index contributed by atoms with van der Waals surface area (Å²) in [5.74, 6) is -1.61. The molecule has 32 heavy (non-hydrogen) atoms. The molecular weight excluding hydrogens is 461 g/mol. The predicted octanol–water partition coefficient (Wildman–Crippen LogP) is 5.18. The molecule has 1 atom stereocenters. The van der Waals surface area contributed by atoms with Gasteiger partial charge >= 0.3 is 6.18 Å². The number of carbonyl (C=O) groups excluding carboxylic acids is 1. The van der Waals surface area contributed by atoms with Gasteiger partial charge < -0.3 is 9.47 Å². The van der Waals surface area contributed by atoms with Gasteiger partial charge in [0.2, 0.25) is 5.91 Å². The van der Waals surface area contributed by atoms with E-state index in [-0.39, 0.29) is 31.8 Å². The van der Waals surface area contributed by atoms with Gasteiger partial charge in [-0.2, -0.15) is 18.4 Å². The molecule has 0 spiro atoms. The molecule has 0 saturated carbocycles. The van der Waals surface area contributed by atoms with E-state index >= 15 is 0 Å². The van der Waals surface area contributed by atoms with Crippen molar-refractivity contribution in [1.29, 1.82) is 5.26 Å². The van der Waals surface area contributed by atoms with Crippen molar-refractivity contribution in [3.63, 3.8) is 0 Å². The highest BCUT2D eigenvalue weighted by atomic mass is 35.5. The van der Waals surface area contributed by atoms with E-state index in [1.807, 2.05) is 19.1 Å². The van der Waals surface area contributed by atoms with Gasteiger partial charge in [0.15, 0.2) is 0 Å². The van der Waals surface area contributed by atoms with E-state index in [9.17, 15) is 23.2 Å². The molecule has 172 valence electrons. The number of carbonyl (C=O) groups is 1. The fourth-order valence-electron chi connectivity index (χ4n) is 3.74. The molecule has 0 aliphatic carbocycles. The maximum absolute atomic E-state index is 13.2. The van der Waals surface area contributed by atoms with Crippen LogP contribution in [0.1, 0.15) is 30.5 Å². The van der Waals surface area contributed by atoms with Gasteiger partial charge in [-0.25, -0.2) is 4.72 Å². The average molecular weight is 485 g/mol. The quantitative estimate of drug-likeness (QED) is 0.550. The number of rotatable bonds is 7. The minimum atomic E-state index is -4.23. The lowest BCUT2D eigenvalue weighted by Crippen LogP contribution is -2.49. The largest absolute Gasteiger partial charge is 0.391 e. The monoisotopic (exact) mass is 484 g/mol. The minimum Gasteiger partial charge on any atom is -0.341 e. The molecule has 1 fully saturated rings. The van der Waals surface area contributed by atoms with Crippen molar-refractivity contribution < 1.29 is 18.0 Å². The summed E-state index contributed by atoms with van der Waals surface area (Å²) in [7, 11) is 0. The number of halogens is 4. The fourth-order valence-corrected chi connectivity index (χ4v) is 4.95. The van der Waals surface area contributed by atoms with Gasteiger partial charge in [0.25, 0.3) is 0 Å². The molecule has 1 aromatic carbocycles. The summed E-state index contributed by atoms with van der Waals surface area (Å²) in [6, 6.07) is 10.4. The highest BCUT2D eigenvalue weighted by molar-refractivity contribution is 7.97. The van der Waals surface area contributed by atoms with E-state index in [1.54, 1.807) is 29.0 Å². The van der Waals surface area contributed by atoms with Crippen LogP contribution in [0.15, 0.2) is 41.4 Å². The first-order chi connectivity index (χ1) is 15.2. The van der Waals surface area contributed by atoms with Crippen LogP contribution in [0, 0.1) is 24.2 Å². The highest BCUT2D eigenvalue weighted by Crippen LogP contribution is 2.34. The molecule has 1 aliphatic rings. The molecule has 1 aliphatic heterocycles. The highest BCUT2D eigenvalue weighted by Gasteiger charge is 2.42. The Hall–Kier alpha value is -2.15. The van der Waals surface area contributed by atoms with Gasteiger partial charge in [-0.05, 0) is 61.9 Å². The van der Waals surface area contributed by atoms with Crippen LogP contribution in [0.2, 0.25) is 5.02 Å². The standard InChI is InChI=1S/C22H24ClF3N4OS/c1-15-4-2-6-18(23)20(15)32-28-19(9-13-29-10-3-5-17(29)14-27)21(31)30-11-7-16(8-12-30)22(24,25)26/h2-6,10,16,19,28H,7-9,11-13H2,1H3. The molecule has 2 heterocycles. The third-order valence-electron chi connectivity index (χ3n) is 5.64. The van der Waals surface area contributed by atoms with Crippen molar-refractivity contribution in [2.45, 2.75) is 49.8 Å². The lowest BCUT2D eigenvalue weighted by atomic mass is 9.95. The van der Waals surface area contributed by atoms with E-state index < -0.39 is 18.1 Å². The second-order valence-electron chi connectivity index (χ2n) is 7.79. The third-order valence-corrected chi connectivity index (χ3v) is 7.21. The molecule has 1 N–H and O–H groups in total. The number of nitrogens with one attached hydrogen (secondary N) is 1. The number of hydrogen-bond acceptors (Lipinski definition) is 4. The zero-order chi connectivity index (χ0) is 23.3. The number of nitrogens with zero attached hydrogens (tertiary/aromatic N) is 3. The zero-order valence-corrected chi connectivity index (χ0v) is 19.1. The van der Waals surface area contributed by atoms with E-state index in [2.05, 4.69) is 10.8 Å². The molecule has 2 aromatic rings. The van der Waals surface area contributed by atoms with Gasteiger partial charge in [-0.1, -0.05) is 23.7 Å². The Balaban J connectivity index is 1.71. The molecule has 10 heteroatoms. The van der Waals surface area contributed by atoms with Crippen LogP contribution in [-0.4, -0.2) is 40.7 Å². The van der Waals surface area contributed by atoms with Crippen LogP contribution in [0.4, 0.5) is 13.2 Å². The third kappa shape index (κ3) is 6.00. The normalized spacial score (nSPS) is 16.1. The number of aromatic nitrogens is 1. The Labute approximate surface area is 194 Å². The number of hydrogen-bond donors (Lipinski definition) is 1. The Morgan fingerprint density at radius 3 is 2.66 bits per heavy atom. The fraction of sp³-hybridized carbons (Fsp3) is 0.455. The van der Waals surface area contributed by atoms with Crippen LogP contribution < -0.4 is 4.72 Å². The first kappa shape index (κ1) is 24.5. The number of alkyl halides is 3. The Bertz CT molecular complexity index is 960. The molecule has 0 bridgehead atoms. The molecule has 1 saturated heterocycles. The number of amides is 1. The van der Waals surface area contributed by atoms with Crippen LogP contribution in [0.25, 0.3) is 0 Å². The number of likely N-dealkylation sites (tertiary alicyclic amines) is 1. The van der Waals surface area contributed by atoms with Crippen molar-refractivity contribution >= 4 is 29.5 Å². The lowest BCUT2D eigenvalue weighted by molar-refractivity contribution is -0.186. The van der Waals surface area contributed by atoms with Crippen LogP contribution >= 0.6 is 23.5 Å². The number of aryl methyl sites for hydroxylation is 2. The SMILES string of the molecule is Cc1cccc(Cl)c1SNC(CCn1cccc1C#N)C(=O)N1CCC(C(F)(F)F)CC1. The summed E-state index contributed by atoms with van der Waals surface area (Å²) >= 11 is 7.54. The second kappa shape index (κ2) is 10.6. The second-order valence-corrected chi connectivity index (χ2v) is 9.04. The average Bonchev–Trinajstić information content (AvgIpc) is 3.22. The number of benzene rings is 1. The number of nitriles is 1. The molecule has 1 amide bonds. The lowest BCUT2D eigenvalue weighted by Gasteiger charge is -2.35. The van der Waals surface area contributed by atoms with Crippen LogP contribution in [0.3, 0.4) is 0 Å². The first-order valence-corrected chi connectivity index (χ1v) is 11.5. The minimum absolute atomic E-state index is 0.0734. The Kier molecular flexibility index (Phi) is 8.15. The predicted molar refractivity (Wildman–Crippen MR) is 118 cm³/mol. The zero-order valence-electron chi connectivity index (χ0n) is 17.5. The van der Waals surface area contributed by atoms with Crippen molar-refractivity contribution in [2.75, 3.05) is 13.1 Å². The van der Waals surface area contributed by atoms with Crippen molar-refractivity contribution in [2.24, 2.45) is 5.92 Å². The van der Waals surface area contributed by atoms with Gasteiger partial charge in [0.1, 0.15) is 11.8 Å². The molecule has 0 radical (unpaired) electrons. The van der Waals surface area contributed by atoms with Gasteiger partial charge in [0.05, 0.1) is 17.0 Å². The summed E-state index contributed by atoms with van der Waals surface area (Å²) in [6.45, 7) is 2.47. The summed E-state index contributed by atoms with van der Waals surface area (Å²) in [6.07, 6.45) is -2.27. The van der Waals surface area contributed by atoms with E-state index in [1.165, 1.54) is 16.8 Å². The smallest absolute Gasteiger partial charge is 0.341 e. The molecule has 1 aromatic heterocycles. The Morgan fingerprint density at radius 2 is 2.03 bits per heavy atom. The maximum atomic E-state index is 13.2.